The smallest absolute Gasteiger partial charge is 0.245 e. The van der Waals surface area contributed by atoms with Crippen molar-refractivity contribution in [3.05, 3.63) is 41.4 Å². The van der Waals surface area contributed by atoms with Gasteiger partial charge in [-0.15, -0.1) is 0 Å². The predicted molar refractivity (Wildman–Crippen MR) is 134 cm³/mol. The summed E-state index contributed by atoms with van der Waals surface area (Å²) in [6.07, 6.45) is 0.166. The van der Waals surface area contributed by atoms with E-state index in [1.54, 1.807) is 36.1 Å². The summed E-state index contributed by atoms with van der Waals surface area (Å²) in [6.45, 7) is 3.09. The lowest BCUT2D eigenvalue weighted by molar-refractivity contribution is -0.146. The van der Waals surface area contributed by atoms with E-state index < -0.39 is 40.5 Å². The molecule has 2 atom stereocenters. The second kappa shape index (κ2) is 10.7. The molecule has 1 N–H and O–H groups in total. The Labute approximate surface area is 215 Å². The SMILES string of the molecule is CNC(=O)CN([C@H]1CCN([C@@H](C)C(=O)N2CCOCC2)C1=O)S(=O)(=O)c1ccc2cc(Cl)ccc2c1. The van der Waals surface area contributed by atoms with Crippen molar-refractivity contribution in [3.8, 4) is 0 Å². The van der Waals surface area contributed by atoms with E-state index >= 15 is 0 Å². The molecule has 36 heavy (non-hydrogen) atoms. The second-order valence-electron chi connectivity index (χ2n) is 8.83. The van der Waals surface area contributed by atoms with E-state index in [4.69, 9.17) is 16.3 Å². The van der Waals surface area contributed by atoms with Crippen LogP contribution >= 0.6 is 11.6 Å². The number of fused-ring (bicyclic) bond motifs is 1. The van der Waals surface area contributed by atoms with Crippen LogP contribution in [0, 0.1) is 0 Å². The molecule has 0 aromatic heterocycles. The number of likely N-dealkylation sites (tertiary alicyclic amines) is 1. The Kier molecular flexibility index (Phi) is 7.84. The number of morpholine rings is 1. The van der Waals surface area contributed by atoms with Gasteiger partial charge in [0.2, 0.25) is 27.7 Å². The van der Waals surface area contributed by atoms with Crippen molar-refractivity contribution in [1.82, 2.24) is 19.4 Å². The summed E-state index contributed by atoms with van der Waals surface area (Å²) in [7, 11) is -2.83. The fraction of sp³-hybridized carbons (Fsp3) is 0.458. The number of nitrogens with one attached hydrogen (secondary N) is 1. The Morgan fingerprint density at radius 1 is 1.14 bits per heavy atom. The minimum atomic E-state index is -4.23. The molecule has 0 unspecified atom stereocenters. The molecule has 0 radical (unpaired) electrons. The third kappa shape index (κ3) is 5.19. The van der Waals surface area contributed by atoms with Gasteiger partial charge >= 0.3 is 0 Å². The highest BCUT2D eigenvalue weighted by molar-refractivity contribution is 7.89. The van der Waals surface area contributed by atoms with Crippen molar-refractivity contribution in [2.75, 3.05) is 46.4 Å². The monoisotopic (exact) mass is 536 g/mol. The molecule has 2 fully saturated rings. The Bertz CT molecular complexity index is 1280. The summed E-state index contributed by atoms with van der Waals surface area (Å²) in [4.78, 5) is 41.7. The minimum Gasteiger partial charge on any atom is -0.378 e. The first-order valence-electron chi connectivity index (χ1n) is 11.7. The quantitative estimate of drug-likeness (QED) is 0.566. The zero-order valence-corrected chi connectivity index (χ0v) is 21.7. The Morgan fingerprint density at radius 3 is 2.50 bits per heavy atom. The average Bonchev–Trinajstić information content (AvgIpc) is 3.26. The zero-order chi connectivity index (χ0) is 26.0. The van der Waals surface area contributed by atoms with Crippen LogP contribution in [-0.2, 0) is 29.1 Å². The summed E-state index contributed by atoms with van der Waals surface area (Å²) in [6, 6.07) is 7.81. The van der Waals surface area contributed by atoms with Crippen LogP contribution in [-0.4, -0.2) is 98.8 Å². The number of carbonyl (C=O) groups excluding carboxylic acids is 3. The lowest BCUT2D eigenvalue weighted by Gasteiger charge is -2.33. The van der Waals surface area contributed by atoms with E-state index in [2.05, 4.69) is 5.32 Å². The van der Waals surface area contributed by atoms with Gasteiger partial charge in [0.25, 0.3) is 0 Å². The number of rotatable bonds is 7. The van der Waals surface area contributed by atoms with Gasteiger partial charge in [-0.05, 0) is 48.4 Å². The summed E-state index contributed by atoms with van der Waals surface area (Å²) >= 11 is 6.04. The maximum Gasteiger partial charge on any atom is 0.245 e. The van der Waals surface area contributed by atoms with E-state index in [1.807, 2.05) is 0 Å². The molecule has 2 aliphatic heterocycles. The molecule has 2 aromatic carbocycles. The number of halogens is 1. The first-order chi connectivity index (χ1) is 17.1. The van der Waals surface area contributed by atoms with Crippen molar-refractivity contribution in [2.45, 2.75) is 30.3 Å². The van der Waals surface area contributed by atoms with Gasteiger partial charge in [0, 0.05) is 31.7 Å². The van der Waals surface area contributed by atoms with Gasteiger partial charge in [0.1, 0.15) is 12.1 Å². The summed E-state index contributed by atoms with van der Waals surface area (Å²) < 4.78 is 33.7. The van der Waals surface area contributed by atoms with Crippen LogP contribution in [0.1, 0.15) is 13.3 Å². The van der Waals surface area contributed by atoms with Crippen molar-refractivity contribution in [2.24, 2.45) is 0 Å². The lowest BCUT2D eigenvalue weighted by Crippen LogP contribution is -2.53. The minimum absolute atomic E-state index is 0.0371. The van der Waals surface area contributed by atoms with E-state index in [0.29, 0.717) is 36.7 Å². The maximum atomic E-state index is 13.7. The van der Waals surface area contributed by atoms with Crippen LogP contribution in [0.5, 0.6) is 0 Å². The Morgan fingerprint density at radius 2 is 1.81 bits per heavy atom. The van der Waals surface area contributed by atoms with Crippen LogP contribution in [0.3, 0.4) is 0 Å². The molecule has 2 aromatic rings. The number of amides is 3. The highest BCUT2D eigenvalue weighted by Crippen LogP contribution is 2.29. The molecule has 4 rings (SSSR count). The number of hydrogen-bond donors (Lipinski definition) is 1. The second-order valence-corrected chi connectivity index (χ2v) is 11.2. The molecule has 0 spiro atoms. The zero-order valence-electron chi connectivity index (χ0n) is 20.1. The topological polar surface area (TPSA) is 116 Å². The number of sulfonamides is 1. The molecular formula is C24H29ClN4O6S. The van der Waals surface area contributed by atoms with Gasteiger partial charge in [-0.3, -0.25) is 14.4 Å². The van der Waals surface area contributed by atoms with Crippen molar-refractivity contribution in [1.29, 1.82) is 0 Å². The van der Waals surface area contributed by atoms with Crippen LogP contribution in [0.25, 0.3) is 10.8 Å². The third-order valence-electron chi connectivity index (χ3n) is 6.67. The molecule has 2 aliphatic rings. The highest BCUT2D eigenvalue weighted by Gasteiger charge is 2.45. The van der Waals surface area contributed by atoms with Crippen molar-refractivity contribution in [3.63, 3.8) is 0 Å². The van der Waals surface area contributed by atoms with Gasteiger partial charge < -0.3 is 19.9 Å². The lowest BCUT2D eigenvalue weighted by atomic mass is 10.1. The summed E-state index contributed by atoms with van der Waals surface area (Å²) in [5, 5.41) is 4.37. The first kappa shape index (κ1) is 26.3. The number of ether oxygens (including phenoxy) is 1. The van der Waals surface area contributed by atoms with Gasteiger partial charge in [0.05, 0.1) is 24.7 Å². The van der Waals surface area contributed by atoms with Gasteiger partial charge in [-0.2, -0.15) is 4.31 Å². The van der Waals surface area contributed by atoms with Crippen molar-refractivity contribution < 1.29 is 27.5 Å². The number of hydrogen-bond acceptors (Lipinski definition) is 6. The van der Waals surface area contributed by atoms with Crippen LogP contribution in [0.15, 0.2) is 41.3 Å². The molecule has 3 amide bonds. The molecule has 0 aliphatic carbocycles. The average molecular weight is 537 g/mol. The number of nitrogens with zero attached hydrogens (tertiary/aromatic N) is 3. The fourth-order valence-corrected chi connectivity index (χ4v) is 6.38. The first-order valence-corrected chi connectivity index (χ1v) is 13.5. The van der Waals surface area contributed by atoms with Gasteiger partial charge in [-0.1, -0.05) is 23.7 Å². The summed E-state index contributed by atoms with van der Waals surface area (Å²) in [5.41, 5.74) is 0. The van der Waals surface area contributed by atoms with Crippen LogP contribution < -0.4 is 5.32 Å². The molecule has 12 heteroatoms. The van der Waals surface area contributed by atoms with E-state index in [0.717, 1.165) is 9.69 Å². The molecule has 2 saturated heterocycles. The van der Waals surface area contributed by atoms with Crippen LogP contribution in [0.2, 0.25) is 5.02 Å². The number of carbonyl (C=O) groups is 3. The number of benzene rings is 2. The molecule has 194 valence electrons. The molecule has 2 heterocycles. The van der Waals surface area contributed by atoms with E-state index in [1.165, 1.54) is 24.1 Å². The third-order valence-corrected chi connectivity index (χ3v) is 8.75. The molecule has 0 bridgehead atoms. The maximum absolute atomic E-state index is 13.7. The standard InChI is InChI=1S/C24H29ClN4O6S/c1-16(23(31)27-9-11-35-12-10-27)28-8-7-21(24(28)32)29(15-22(30)26-2)36(33,34)20-6-4-17-13-19(25)5-3-18(17)14-20/h3-6,13-14,16,21H,7-12,15H2,1-2H3,(H,26,30)/t16-,21-/m0/s1. The summed E-state index contributed by atoms with van der Waals surface area (Å²) in [5.74, 6) is -1.25. The normalized spacial score (nSPS) is 19.7. The van der Waals surface area contributed by atoms with Gasteiger partial charge in [0.15, 0.2) is 0 Å². The van der Waals surface area contributed by atoms with Crippen LogP contribution in [0.4, 0.5) is 0 Å². The Hall–Kier alpha value is -2.73. The predicted octanol–water partition coefficient (Wildman–Crippen LogP) is 1.08. The largest absolute Gasteiger partial charge is 0.378 e. The van der Waals surface area contributed by atoms with Crippen molar-refractivity contribution >= 4 is 50.1 Å². The number of likely N-dealkylation sites (N-methyl/N-ethyl adjacent to an activating group) is 1. The highest BCUT2D eigenvalue weighted by atomic mass is 35.5. The van der Waals surface area contributed by atoms with E-state index in [9.17, 15) is 22.8 Å². The van der Waals surface area contributed by atoms with E-state index in [-0.39, 0.29) is 23.8 Å². The molecule has 0 saturated carbocycles. The molecule has 10 nitrogen and oxygen atoms in total. The fourth-order valence-electron chi connectivity index (χ4n) is 4.59. The van der Waals surface area contributed by atoms with Gasteiger partial charge in [-0.25, -0.2) is 8.42 Å². The Balaban J connectivity index is 1.62. The molecular weight excluding hydrogens is 508 g/mol.